The predicted molar refractivity (Wildman–Crippen MR) is 81.1 cm³/mol. The molecule has 120 valence electrons. The van der Waals surface area contributed by atoms with Gasteiger partial charge in [-0.25, -0.2) is 0 Å². The Bertz CT molecular complexity index is 359. The maximum Gasteiger partial charge on any atom is 0.222 e. The lowest BCUT2D eigenvalue weighted by atomic mass is 9.86. The van der Waals surface area contributed by atoms with E-state index in [1.54, 1.807) is 7.11 Å². The standard InChI is InChI=1S/C17H29NO3/c1-20-15-9-11-18(13-17(15)10-4-12-21-17)16(19)8-7-14-5-2-3-6-14/h14-15H,2-13H2,1H3/t15-,17-/m0/s1. The highest BCUT2D eigenvalue weighted by Gasteiger charge is 2.48. The minimum Gasteiger partial charge on any atom is -0.378 e. The Morgan fingerprint density at radius 1 is 1.29 bits per heavy atom. The van der Waals surface area contributed by atoms with Gasteiger partial charge in [0.2, 0.25) is 5.91 Å². The molecule has 0 unspecified atom stereocenters. The van der Waals surface area contributed by atoms with Crippen LogP contribution in [0, 0.1) is 5.92 Å². The molecule has 0 aromatic carbocycles. The number of amides is 1. The van der Waals surface area contributed by atoms with Gasteiger partial charge < -0.3 is 14.4 Å². The number of methoxy groups -OCH3 is 1. The first kappa shape index (κ1) is 15.3. The highest BCUT2D eigenvalue weighted by Crippen LogP contribution is 2.37. The summed E-state index contributed by atoms with van der Waals surface area (Å²) < 4.78 is 11.7. The molecule has 1 saturated carbocycles. The summed E-state index contributed by atoms with van der Waals surface area (Å²) in [5.74, 6) is 1.12. The van der Waals surface area contributed by atoms with Crippen LogP contribution >= 0.6 is 0 Å². The van der Waals surface area contributed by atoms with E-state index in [0.29, 0.717) is 5.91 Å². The molecule has 2 saturated heterocycles. The van der Waals surface area contributed by atoms with E-state index in [1.165, 1.54) is 25.7 Å². The molecule has 1 aliphatic carbocycles. The number of ether oxygens (including phenoxy) is 2. The quantitative estimate of drug-likeness (QED) is 0.800. The third-order valence-corrected chi connectivity index (χ3v) is 5.72. The molecule has 21 heavy (non-hydrogen) atoms. The fourth-order valence-corrected chi connectivity index (χ4v) is 4.47. The summed E-state index contributed by atoms with van der Waals surface area (Å²) in [5, 5.41) is 0. The normalized spacial score (nSPS) is 34.0. The van der Waals surface area contributed by atoms with Crippen LogP contribution in [0.2, 0.25) is 0 Å². The van der Waals surface area contributed by atoms with Crippen LogP contribution in [0.5, 0.6) is 0 Å². The summed E-state index contributed by atoms with van der Waals surface area (Å²) in [7, 11) is 1.77. The fourth-order valence-electron chi connectivity index (χ4n) is 4.47. The lowest BCUT2D eigenvalue weighted by molar-refractivity contribution is -0.160. The molecule has 3 aliphatic rings. The maximum absolute atomic E-state index is 12.5. The average Bonchev–Trinajstić information content (AvgIpc) is 3.17. The molecule has 0 radical (unpaired) electrons. The molecule has 2 atom stereocenters. The summed E-state index contributed by atoms with van der Waals surface area (Å²) in [6, 6.07) is 0. The Balaban J connectivity index is 1.54. The van der Waals surface area contributed by atoms with Gasteiger partial charge in [-0.05, 0) is 31.6 Å². The minimum atomic E-state index is -0.226. The van der Waals surface area contributed by atoms with Gasteiger partial charge in [-0.2, -0.15) is 0 Å². The molecule has 4 nitrogen and oxygen atoms in total. The number of hydrogen-bond donors (Lipinski definition) is 0. The molecule has 3 fully saturated rings. The zero-order valence-electron chi connectivity index (χ0n) is 13.3. The van der Waals surface area contributed by atoms with E-state index < -0.39 is 0 Å². The van der Waals surface area contributed by atoms with Crippen molar-refractivity contribution in [3.63, 3.8) is 0 Å². The van der Waals surface area contributed by atoms with Crippen LogP contribution in [-0.4, -0.2) is 49.3 Å². The summed E-state index contributed by atoms with van der Waals surface area (Å²) >= 11 is 0. The first-order valence-electron chi connectivity index (χ1n) is 8.68. The van der Waals surface area contributed by atoms with Crippen molar-refractivity contribution in [3.8, 4) is 0 Å². The van der Waals surface area contributed by atoms with Crippen LogP contribution in [0.3, 0.4) is 0 Å². The monoisotopic (exact) mass is 295 g/mol. The zero-order chi connectivity index (χ0) is 14.7. The molecule has 0 bridgehead atoms. The summed E-state index contributed by atoms with van der Waals surface area (Å²) in [6.45, 7) is 2.37. The van der Waals surface area contributed by atoms with Crippen LogP contribution < -0.4 is 0 Å². The van der Waals surface area contributed by atoms with Crippen molar-refractivity contribution < 1.29 is 14.3 Å². The number of hydrogen-bond acceptors (Lipinski definition) is 3. The SMILES string of the molecule is CO[C@H]1CCN(C(=O)CCC2CCCC2)C[C@@]12CCCO2. The Kier molecular flexibility index (Phi) is 4.85. The van der Waals surface area contributed by atoms with Crippen LogP contribution in [0.4, 0.5) is 0 Å². The molecule has 1 amide bonds. The second-order valence-corrected chi connectivity index (χ2v) is 7.03. The lowest BCUT2D eigenvalue weighted by Gasteiger charge is -2.44. The largest absolute Gasteiger partial charge is 0.378 e. The molecule has 1 spiro atoms. The second kappa shape index (κ2) is 6.66. The van der Waals surface area contributed by atoms with Crippen molar-refractivity contribution in [3.05, 3.63) is 0 Å². The van der Waals surface area contributed by atoms with Crippen molar-refractivity contribution in [2.24, 2.45) is 5.92 Å². The zero-order valence-corrected chi connectivity index (χ0v) is 13.3. The predicted octanol–water partition coefficient (Wildman–Crippen LogP) is 2.75. The van der Waals surface area contributed by atoms with Crippen molar-refractivity contribution in [1.29, 1.82) is 0 Å². The number of piperidine rings is 1. The van der Waals surface area contributed by atoms with Gasteiger partial charge in [-0.1, -0.05) is 25.7 Å². The van der Waals surface area contributed by atoms with E-state index in [-0.39, 0.29) is 11.7 Å². The Hall–Kier alpha value is -0.610. The molecule has 4 heteroatoms. The van der Waals surface area contributed by atoms with Gasteiger partial charge in [0.1, 0.15) is 5.60 Å². The van der Waals surface area contributed by atoms with Crippen molar-refractivity contribution in [2.75, 3.05) is 26.8 Å². The number of likely N-dealkylation sites (tertiary alicyclic amines) is 1. The molecular formula is C17H29NO3. The van der Waals surface area contributed by atoms with Gasteiger partial charge in [0, 0.05) is 26.7 Å². The van der Waals surface area contributed by atoms with E-state index in [9.17, 15) is 4.79 Å². The smallest absolute Gasteiger partial charge is 0.222 e. The number of rotatable bonds is 4. The highest BCUT2D eigenvalue weighted by atomic mass is 16.6. The summed E-state index contributed by atoms with van der Waals surface area (Å²) in [4.78, 5) is 14.6. The third kappa shape index (κ3) is 3.26. The molecule has 2 heterocycles. The Morgan fingerprint density at radius 2 is 2.10 bits per heavy atom. The minimum absolute atomic E-state index is 0.152. The molecule has 0 N–H and O–H groups in total. The second-order valence-electron chi connectivity index (χ2n) is 7.03. The van der Waals surface area contributed by atoms with Gasteiger partial charge in [-0.3, -0.25) is 4.79 Å². The first-order chi connectivity index (χ1) is 10.2. The molecule has 0 aromatic heterocycles. The lowest BCUT2D eigenvalue weighted by Crippen LogP contribution is -2.58. The van der Waals surface area contributed by atoms with Gasteiger partial charge >= 0.3 is 0 Å². The highest BCUT2D eigenvalue weighted by molar-refractivity contribution is 5.76. The Morgan fingerprint density at radius 3 is 2.76 bits per heavy atom. The van der Waals surface area contributed by atoms with Gasteiger partial charge in [-0.15, -0.1) is 0 Å². The van der Waals surface area contributed by atoms with E-state index in [1.807, 2.05) is 4.90 Å². The average molecular weight is 295 g/mol. The summed E-state index contributed by atoms with van der Waals surface area (Å²) in [5.41, 5.74) is -0.226. The Labute approximate surface area is 128 Å². The van der Waals surface area contributed by atoms with E-state index in [2.05, 4.69) is 0 Å². The molecular weight excluding hydrogens is 266 g/mol. The van der Waals surface area contributed by atoms with Crippen LogP contribution in [0.15, 0.2) is 0 Å². The molecule has 0 aromatic rings. The van der Waals surface area contributed by atoms with E-state index in [0.717, 1.165) is 57.7 Å². The van der Waals surface area contributed by atoms with Crippen molar-refractivity contribution in [1.82, 2.24) is 4.90 Å². The van der Waals surface area contributed by atoms with Crippen molar-refractivity contribution in [2.45, 2.75) is 69.5 Å². The molecule has 3 rings (SSSR count). The number of nitrogens with zero attached hydrogens (tertiary/aromatic N) is 1. The first-order valence-corrected chi connectivity index (χ1v) is 8.68. The topological polar surface area (TPSA) is 38.8 Å². The maximum atomic E-state index is 12.5. The van der Waals surface area contributed by atoms with Crippen LogP contribution in [0.1, 0.15) is 57.8 Å². The van der Waals surface area contributed by atoms with Gasteiger partial charge in [0.15, 0.2) is 0 Å². The van der Waals surface area contributed by atoms with Crippen LogP contribution in [0.25, 0.3) is 0 Å². The molecule has 2 aliphatic heterocycles. The van der Waals surface area contributed by atoms with Crippen molar-refractivity contribution >= 4 is 5.91 Å². The summed E-state index contributed by atoms with van der Waals surface area (Å²) in [6.07, 6.45) is 10.3. The number of carbonyl (C=O) groups is 1. The van der Waals surface area contributed by atoms with Gasteiger partial charge in [0.25, 0.3) is 0 Å². The third-order valence-electron chi connectivity index (χ3n) is 5.72. The number of carbonyl (C=O) groups excluding carboxylic acids is 1. The van der Waals surface area contributed by atoms with Crippen LogP contribution in [-0.2, 0) is 14.3 Å². The van der Waals surface area contributed by atoms with Gasteiger partial charge in [0.05, 0.1) is 12.6 Å². The fraction of sp³-hybridized carbons (Fsp3) is 0.941. The van der Waals surface area contributed by atoms with E-state index >= 15 is 0 Å². The van der Waals surface area contributed by atoms with E-state index in [4.69, 9.17) is 9.47 Å².